The van der Waals surface area contributed by atoms with Gasteiger partial charge in [-0.15, -0.1) is 0 Å². The van der Waals surface area contributed by atoms with Crippen LogP contribution < -0.4 is 16.2 Å². The number of hydrogen-bond acceptors (Lipinski definition) is 5. The second kappa shape index (κ2) is 10.7. The topological polar surface area (TPSA) is 116 Å². The van der Waals surface area contributed by atoms with Gasteiger partial charge in [0.2, 0.25) is 5.91 Å². The molecule has 0 spiro atoms. The number of primary amides is 1. The van der Waals surface area contributed by atoms with Gasteiger partial charge in [0.15, 0.2) is 11.6 Å². The molecule has 2 aromatic carbocycles. The smallest absolute Gasteiger partial charge is 0.257 e. The molecule has 0 saturated carbocycles. The van der Waals surface area contributed by atoms with Crippen molar-refractivity contribution in [3.05, 3.63) is 71.8 Å². The number of amides is 2. The Balaban J connectivity index is 1.59. The van der Waals surface area contributed by atoms with Crippen molar-refractivity contribution >= 4 is 17.6 Å². The number of aromatic nitrogens is 2. The lowest BCUT2D eigenvalue weighted by Gasteiger charge is -2.32. The first-order chi connectivity index (χ1) is 17.6. The van der Waals surface area contributed by atoms with Gasteiger partial charge in [-0.2, -0.15) is 5.10 Å². The van der Waals surface area contributed by atoms with Crippen LogP contribution in [0.4, 0.5) is 23.4 Å². The van der Waals surface area contributed by atoms with Crippen molar-refractivity contribution in [1.29, 1.82) is 0 Å². The molecule has 37 heavy (non-hydrogen) atoms. The summed E-state index contributed by atoms with van der Waals surface area (Å²) in [5.41, 5.74) is 12.5. The molecule has 0 aliphatic carbocycles. The van der Waals surface area contributed by atoms with Crippen LogP contribution in [0.25, 0.3) is 11.3 Å². The lowest BCUT2D eigenvalue weighted by molar-refractivity contribution is -0.127. The second-order valence-electron chi connectivity index (χ2n) is 8.39. The highest BCUT2D eigenvalue weighted by molar-refractivity contribution is 6.03. The lowest BCUT2D eigenvalue weighted by Crippen LogP contribution is -2.40. The van der Waals surface area contributed by atoms with Crippen molar-refractivity contribution in [3.63, 3.8) is 0 Å². The van der Waals surface area contributed by atoms with Crippen LogP contribution in [-0.4, -0.2) is 46.0 Å². The van der Waals surface area contributed by atoms with Crippen LogP contribution in [0.15, 0.2) is 54.6 Å². The molecule has 3 aromatic rings. The Hall–Kier alpha value is -4.35. The van der Waals surface area contributed by atoms with E-state index in [0.29, 0.717) is 37.1 Å². The maximum absolute atomic E-state index is 13.9. The first kappa shape index (κ1) is 25.7. The number of anilines is 1. The minimum absolute atomic E-state index is 0.0126. The van der Waals surface area contributed by atoms with Crippen LogP contribution in [0, 0.1) is 11.6 Å². The molecule has 1 fully saturated rings. The lowest BCUT2D eigenvalue weighted by atomic mass is 10.1. The predicted molar refractivity (Wildman–Crippen MR) is 127 cm³/mol. The summed E-state index contributed by atoms with van der Waals surface area (Å²) >= 11 is 0. The Morgan fingerprint density at radius 3 is 2.51 bits per heavy atom. The number of nitrogens with zero attached hydrogens (tertiary/aromatic N) is 3. The van der Waals surface area contributed by atoms with Crippen LogP contribution in [-0.2, 0) is 4.79 Å². The zero-order valence-electron chi connectivity index (χ0n) is 19.4. The average molecular weight is 517 g/mol. The van der Waals surface area contributed by atoms with Crippen LogP contribution in [0.2, 0.25) is 0 Å². The number of allylic oxidation sites excluding steroid dienone is 1. The van der Waals surface area contributed by atoms with E-state index in [-0.39, 0.29) is 35.1 Å². The number of alkyl halides is 2. The Morgan fingerprint density at radius 2 is 1.86 bits per heavy atom. The Kier molecular flexibility index (Phi) is 7.46. The van der Waals surface area contributed by atoms with Crippen molar-refractivity contribution in [2.24, 2.45) is 5.73 Å². The van der Waals surface area contributed by atoms with Crippen molar-refractivity contribution in [3.8, 4) is 22.8 Å². The highest BCUT2D eigenvalue weighted by Gasteiger charge is 2.29. The fraction of sp³-hybridized carbons (Fsp3) is 0.240. The summed E-state index contributed by atoms with van der Waals surface area (Å²) in [5.74, 6) is -2.87. The third-order valence-electron chi connectivity index (χ3n) is 5.88. The van der Waals surface area contributed by atoms with E-state index in [4.69, 9.17) is 16.2 Å². The van der Waals surface area contributed by atoms with Gasteiger partial charge < -0.3 is 21.1 Å². The number of carbonyl (C=O) groups excluding carboxylic acids is 2. The summed E-state index contributed by atoms with van der Waals surface area (Å²) in [5, 5.41) is 4.50. The number of carbonyl (C=O) groups is 2. The van der Waals surface area contributed by atoms with E-state index in [2.05, 4.69) is 5.10 Å². The molecular formula is C25H23F4N5O3. The summed E-state index contributed by atoms with van der Waals surface area (Å²) in [6.45, 7) is 0.543. The highest BCUT2D eigenvalue weighted by atomic mass is 19.3. The highest BCUT2D eigenvalue weighted by Crippen LogP contribution is 2.33. The summed E-state index contributed by atoms with van der Waals surface area (Å²) in [6.07, 6.45) is -0.220. The van der Waals surface area contributed by atoms with E-state index in [9.17, 15) is 27.2 Å². The number of nitrogens with two attached hydrogens (primary N) is 2. The number of hydrogen-bond donors (Lipinski definition) is 2. The zero-order chi connectivity index (χ0) is 26.7. The number of piperidine rings is 1. The van der Waals surface area contributed by atoms with Crippen LogP contribution in [0.3, 0.4) is 0 Å². The molecule has 1 aromatic heterocycles. The molecule has 12 heteroatoms. The van der Waals surface area contributed by atoms with Crippen LogP contribution in [0.5, 0.6) is 11.5 Å². The molecule has 2 amide bonds. The third-order valence-corrected chi connectivity index (χ3v) is 5.88. The minimum atomic E-state index is -2.74. The summed E-state index contributed by atoms with van der Waals surface area (Å²) in [7, 11) is 0. The molecule has 1 aliphatic rings. The van der Waals surface area contributed by atoms with E-state index in [1.165, 1.54) is 21.7 Å². The molecule has 1 saturated heterocycles. The van der Waals surface area contributed by atoms with Crippen LogP contribution >= 0.6 is 0 Å². The average Bonchev–Trinajstić information content (AvgIpc) is 3.22. The van der Waals surface area contributed by atoms with Gasteiger partial charge in [-0.05, 0) is 55.3 Å². The Morgan fingerprint density at radius 1 is 1.14 bits per heavy atom. The summed E-state index contributed by atoms with van der Waals surface area (Å²) in [6, 6.07) is 8.68. The van der Waals surface area contributed by atoms with E-state index < -0.39 is 35.9 Å². The van der Waals surface area contributed by atoms with Gasteiger partial charge in [-0.1, -0.05) is 0 Å². The molecule has 1 aliphatic heterocycles. The van der Waals surface area contributed by atoms with E-state index in [1.807, 2.05) is 0 Å². The monoisotopic (exact) mass is 517 g/mol. The molecule has 0 bridgehead atoms. The molecule has 0 unspecified atom stereocenters. The summed E-state index contributed by atoms with van der Waals surface area (Å²) < 4.78 is 58.8. The SMILES string of the molecule is NC(=O)c1c(-c2ccc(Oc3ccc(F)cc3F)cc2)nn([C@@H]2CCCN(C(=O)C=CC(F)F)C2)c1N. The number of halogens is 4. The van der Waals surface area contributed by atoms with Crippen molar-refractivity contribution in [1.82, 2.24) is 14.7 Å². The van der Waals surface area contributed by atoms with Gasteiger partial charge in [0, 0.05) is 30.8 Å². The molecular weight excluding hydrogens is 494 g/mol. The van der Waals surface area contributed by atoms with E-state index in [1.54, 1.807) is 12.1 Å². The second-order valence-corrected chi connectivity index (χ2v) is 8.39. The number of nitrogen functional groups attached to an aromatic ring is 1. The van der Waals surface area contributed by atoms with Crippen molar-refractivity contribution in [2.45, 2.75) is 25.3 Å². The largest absolute Gasteiger partial charge is 0.454 e. The number of benzene rings is 2. The molecule has 8 nitrogen and oxygen atoms in total. The maximum Gasteiger partial charge on any atom is 0.257 e. The fourth-order valence-corrected chi connectivity index (χ4v) is 4.15. The first-order valence-corrected chi connectivity index (χ1v) is 11.3. The normalized spacial score (nSPS) is 15.9. The summed E-state index contributed by atoms with van der Waals surface area (Å²) in [4.78, 5) is 26.0. The van der Waals surface area contributed by atoms with E-state index >= 15 is 0 Å². The molecule has 4 N–H and O–H groups in total. The van der Waals surface area contributed by atoms with Gasteiger partial charge >= 0.3 is 0 Å². The first-order valence-electron chi connectivity index (χ1n) is 11.3. The van der Waals surface area contributed by atoms with Crippen molar-refractivity contribution < 1.29 is 31.9 Å². The number of rotatable bonds is 7. The standard InChI is InChI=1S/C25H23F4N5O3/c26-15-5-8-19(18(27)12-15)37-17-6-3-14(4-7-17)23-22(25(31)36)24(30)34(32-23)16-2-1-11-33(13-16)21(35)10-9-20(28)29/h3-10,12,16,20H,1-2,11,13,30H2,(H2,31,36)/t16-/m1/s1. The maximum atomic E-state index is 13.9. The Bertz CT molecular complexity index is 1340. The molecule has 0 radical (unpaired) electrons. The van der Waals surface area contributed by atoms with Gasteiger partial charge in [-0.3, -0.25) is 9.59 Å². The molecule has 4 rings (SSSR count). The fourth-order valence-electron chi connectivity index (χ4n) is 4.15. The predicted octanol–water partition coefficient (Wildman–Crippen LogP) is 4.29. The number of likely N-dealkylation sites (tertiary alicyclic amines) is 1. The van der Waals surface area contributed by atoms with Crippen molar-refractivity contribution in [2.75, 3.05) is 18.8 Å². The molecule has 2 heterocycles. The Labute approximate surface area is 209 Å². The van der Waals surface area contributed by atoms with Gasteiger partial charge in [0.25, 0.3) is 12.3 Å². The quantitative estimate of drug-likeness (QED) is 0.358. The van der Waals surface area contributed by atoms with Gasteiger partial charge in [0.05, 0.1) is 6.04 Å². The molecule has 1 atom stereocenters. The zero-order valence-corrected chi connectivity index (χ0v) is 19.4. The number of ether oxygens (including phenoxy) is 1. The third kappa shape index (κ3) is 5.74. The van der Waals surface area contributed by atoms with Crippen LogP contribution in [0.1, 0.15) is 29.2 Å². The molecule has 194 valence electrons. The minimum Gasteiger partial charge on any atom is -0.454 e. The van der Waals surface area contributed by atoms with Gasteiger partial charge in [0.1, 0.15) is 28.6 Å². The van der Waals surface area contributed by atoms with Gasteiger partial charge in [-0.25, -0.2) is 22.2 Å². The van der Waals surface area contributed by atoms with E-state index in [0.717, 1.165) is 18.2 Å².